The predicted octanol–water partition coefficient (Wildman–Crippen LogP) is 2.14. The quantitative estimate of drug-likeness (QED) is 0.767. The Morgan fingerprint density at radius 1 is 1.50 bits per heavy atom. The third kappa shape index (κ3) is 2.98. The molecule has 1 fully saturated rings. The highest BCUT2D eigenvalue weighted by atomic mass is 32.2. The molecular formula is C11H19N3OS. The monoisotopic (exact) mass is 241 g/mol. The van der Waals surface area contributed by atoms with Crippen LogP contribution in [0, 0.1) is 0 Å². The second-order valence-electron chi connectivity index (χ2n) is 4.26. The standard InChI is InChI=1S/C11H19N3OS/c1-2-3-6-15-8-4-5-9-10(7-8)16-11(12)14-13-9/h8,10H,2-7H2,1H3,(H2,12,14). The zero-order chi connectivity index (χ0) is 11.4. The molecule has 2 atom stereocenters. The van der Waals surface area contributed by atoms with Crippen LogP contribution in [0.25, 0.3) is 0 Å². The Morgan fingerprint density at radius 3 is 3.19 bits per heavy atom. The average Bonchev–Trinajstić information content (AvgIpc) is 2.29. The maximum absolute atomic E-state index is 5.86. The van der Waals surface area contributed by atoms with Gasteiger partial charge in [0.1, 0.15) is 0 Å². The van der Waals surface area contributed by atoms with Crippen molar-refractivity contribution in [3.05, 3.63) is 0 Å². The lowest BCUT2D eigenvalue weighted by Gasteiger charge is -2.30. The molecule has 0 saturated heterocycles. The van der Waals surface area contributed by atoms with Gasteiger partial charge in [0.05, 0.1) is 17.1 Å². The lowest BCUT2D eigenvalue weighted by molar-refractivity contribution is 0.0395. The molecule has 1 aliphatic heterocycles. The third-order valence-electron chi connectivity index (χ3n) is 2.96. The molecule has 2 aliphatic rings. The number of rotatable bonds is 4. The van der Waals surface area contributed by atoms with Gasteiger partial charge in [-0.05, 0) is 25.7 Å². The number of fused-ring (bicyclic) bond motifs is 1. The first-order valence-corrected chi connectivity index (χ1v) is 6.85. The second-order valence-corrected chi connectivity index (χ2v) is 5.48. The molecule has 0 spiro atoms. The number of ether oxygens (including phenoxy) is 1. The SMILES string of the molecule is CCCCOC1CCC2=NN=C(N)SC2C1. The normalized spacial score (nSPS) is 29.3. The van der Waals surface area contributed by atoms with Crippen molar-refractivity contribution in [2.24, 2.45) is 15.9 Å². The Hall–Kier alpha value is -0.550. The fourth-order valence-electron chi connectivity index (χ4n) is 2.02. The summed E-state index contributed by atoms with van der Waals surface area (Å²) in [6, 6.07) is 0. The maximum atomic E-state index is 5.86. The molecular weight excluding hydrogens is 222 g/mol. The molecule has 16 heavy (non-hydrogen) atoms. The van der Waals surface area contributed by atoms with E-state index >= 15 is 0 Å². The smallest absolute Gasteiger partial charge is 0.181 e. The van der Waals surface area contributed by atoms with Gasteiger partial charge >= 0.3 is 0 Å². The van der Waals surface area contributed by atoms with Crippen molar-refractivity contribution in [3.63, 3.8) is 0 Å². The number of nitrogens with zero attached hydrogens (tertiary/aromatic N) is 2. The molecule has 0 aromatic rings. The Morgan fingerprint density at radius 2 is 2.38 bits per heavy atom. The zero-order valence-electron chi connectivity index (χ0n) is 9.69. The molecule has 0 aromatic heterocycles. The summed E-state index contributed by atoms with van der Waals surface area (Å²) in [5.74, 6) is 0. The molecule has 1 aliphatic carbocycles. The van der Waals surface area contributed by atoms with Gasteiger partial charge in [-0.25, -0.2) is 0 Å². The molecule has 0 bridgehead atoms. The minimum absolute atomic E-state index is 0.383. The number of hydrogen-bond acceptors (Lipinski definition) is 5. The van der Waals surface area contributed by atoms with Crippen LogP contribution in [0.2, 0.25) is 0 Å². The van der Waals surface area contributed by atoms with Crippen molar-refractivity contribution in [2.75, 3.05) is 6.61 Å². The van der Waals surface area contributed by atoms with E-state index in [1.807, 2.05) is 0 Å². The van der Waals surface area contributed by atoms with E-state index in [0.29, 0.717) is 16.5 Å². The van der Waals surface area contributed by atoms with Crippen LogP contribution in [-0.2, 0) is 4.74 Å². The minimum atomic E-state index is 0.383. The van der Waals surface area contributed by atoms with Crippen LogP contribution in [-0.4, -0.2) is 28.8 Å². The first kappa shape index (κ1) is 11.9. The largest absolute Gasteiger partial charge is 0.378 e. The highest BCUT2D eigenvalue weighted by Gasteiger charge is 2.30. The van der Waals surface area contributed by atoms with Crippen LogP contribution in [0.15, 0.2) is 10.2 Å². The van der Waals surface area contributed by atoms with Gasteiger partial charge in [0, 0.05) is 6.61 Å². The van der Waals surface area contributed by atoms with Crippen molar-refractivity contribution < 1.29 is 4.74 Å². The summed E-state index contributed by atoms with van der Waals surface area (Å²) in [7, 11) is 0. The molecule has 0 aromatic carbocycles. The molecule has 2 rings (SSSR count). The molecule has 2 N–H and O–H groups in total. The van der Waals surface area contributed by atoms with Crippen LogP contribution in [0.4, 0.5) is 0 Å². The maximum Gasteiger partial charge on any atom is 0.181 e. The van der Waals surface area contributed by atoms with Gasteiger partial charge in [-0.3, -0.25) is 0 Å². The first-order valence-electron chi connectivity index (χ1n) is 5.97. The third-order valence-corrected chi connectivity index (χ3v) is 4.03. The summed E-state index contributed by atoms with van der Waals surface area (Å²) in [6.45, 7) is 3.07. The molecule has 2 unspecified atom stereocenters. The Balaban J connectivity index is 1.82. The molecule has 0 radical (unpaired) electrons. The van der Waals surface area contributed by atoms with Gasteiger partial charge in [-0.2, -0.15) is 5.10 Å². The Labute approximate surface area is 101 Å². The van der Waals surface area contributed by atoms with Gasteiger partial charge in [0.25, 0.3) is 0 Å². The molecule has 1 saturated carbocycles. The van der Waals surface area contributed by atoms with Gasteiger partial charge in [0.2, 0.25) is 0 Å². The summed E-state index contributed by atoms with van der Waals surface area (Å²) in [5.41, 5.74) is 6.86. The summed E-state index contributed by atoms with van der Waals surface area (Å²) in [5, 5.41) is 9.07. The second kappa shape index (κ2) is 5.68. The van der Waals surface area contributed by atoms with Gasteiger partial charge < -0.3 is 10.5 Å². The van der Waals surface area contributed by atoms with Crippen molar-refractivity contribution in [1.29, 1.82) is 0 Å². The van der Waals surface area contributed by atoms with Gasteiger partial charge in [0.15, 0.2) is 5.17 Å². The summed E-state index contributed by atoms with van der Waals surface area (Å²) < 4.78 is 5.86. The minimum Gasteiger partial charge on any atom is -0.378 e. The van der Waals surface area contributed by atoms with Crippen LogP contribution < -0.4 is 5.73 Å². The van der Waals surface area contributed by atoms with Crippen LogP contribution in [0.1, 0.15) is 39.0 Å². The fourth-order valence-corrected chi connectivity index (χ4v) is 3.01. The van der Waals surface area contributed by atoms with E-state index in [4.69, 9.17) is 10.5 Å². The lowest BCUT2D eigenvalue weighted by Crippen LogP contribution is -2.35. The van der Waals surface area contributed by atoms with E-state index in [9.17, 15) is 0 Å². The highest BCUT2D eigenvalue weighted by Crippen LogP contribution is 2.31. The summed E-state index contributed by atoms with van der Waals surface area (Å²) in [4.78, 5) is 0. The Bertz CT molecular complexity index is 304. The van der Waals surface area contributed by atoms with E-state index in [-0.39, 0.29) is 0 Å². The number of unbranched alkanes of at least 4 members (excludes halogenated alkanes) is 1. The molecule has 0 amide bonds. The van der Waals surface area contributed by atoms with E-state index in [1.165, 1.54) is 12.1 Å². The first-order chi connectivity index (χ1) is 7.79. The number of nitrogens with two attached hydrogens (primary N) is 1. The van der Waals surface area contributed by atoms with E-state index < -0.39 is 0 Å². The zero-order valence-corrected chi connectivity index (χ0v) is 10.5. The van der Waals surface area contributed by atoms with Crippen molar-refractivity contribution in [2.45, 2.75) is 50.4 Å². The highest BCUT2D eigenvalue weighted by molar-refractivity contribution is 8.15. The van der Waals surface area contributed by atoms with Gasteiger partial charge in [-0.1, -0.05) is 25.1 Å². The van der Waals surface area contributed by atoms with E-state index in [1.54, 1.807) is 11.8 Å². The van der Waals surface area contributed by atoms with Crippen molar-refractivity contribution in [1.82, 2.24) is 0 Å². The predicted molar refractivity (Wildman–Crippen MR) is 68.9 cm³/mol. The summed E-state index contributed by atoms with van der Waals surface area (Å²) >= 11 is 1.63. The molecule has 90 valence electrons. The van der Waals surface area contributed by atoms with Crippen LogP contribution >= 0.6 is 11.8 Å². The van der Waals surface area contributed by atoms with Crippen molar-refractivity contribution in [3.8, 4) is 0 Å². The number of hydrogen-bond donors (Lipinski definition) is 1. The van der Waals surface area contributed by atoms with Gasteiger partial charge in [-0.15, -0.1) is 5.10 Å². The fraction of sp³-hybridized carbons (Fsp3) is 0.818. The lowest BCUT2D eigenvalue weighted by atomic mass is 9.95. The van der Waals surface area contributed by atoms with Crippen LogP contribution in [0.5, 0.6) is 0 Å². The number of thioether (sulfide) groups is 1. The molecule has 4 nitrogen and oxygen atoms in total. The van der Waals surface area contributed by atoms with E-state index in [0.717, 1.165) is 32.3 Å². The van der Waals surface area contributed by atoms with E-state index in [2.05, 4.69) is 17.1 Å². The number of amidine groups is 1. The summed E-state index contributed by atoms with van der Waals surface area (Å²) in [6.07, 6.45) is 5.84. The Kier molecular flexibility index (Phi) is 4.23. The van der Waals surface area contributed by atoms with Crippen LogP contribution in [0.3, 0.4) is 0 Å². The topological polar surface area (TPSA) is 60.0 Å². The van der Waals surface area contributed by atoms with Crippen molar-refractivity contribution >= 4 is 22.6 Å². The molecule has 5 heteroatoms. The molecule has 1 heterocycles. The average molecular weight is 241 g/mol.